The van der Waals surface area contributed by atoms with Crippen LogP contribution in [0.3, 0.4) is 0 Å². The zero-order valence-corrected chi connectivity index (χ0v) is 20.5. The average Bonchev–Trinajstić information content (AvgIpc) is 3.60. The lowest BCUT2D eigenvalue weighted by molar-refractivity contribution is -0.119. The van der Waals surface area contributed by atoms with Crippen LogP contribution in [0.25, 0.3) is 5.82 Å². The van der Waals surface area contributed by atoms with Crippen LogP contribution in [0.4, 0.5) is 5.82 Å². The zero-order chi connectivity index (χ0) is 25.8. The van der Waals surface area contributed by atoms with Crippen molar-refractivity contribution in [1.29, 1.82) is 5.26 Å². The van der Waals surface area contributed by atoms with Crippen molar-refractivity contribution < 1.29 is 18.7 Å². The van der Waals surface area contributed by atoms with Gasteiger partial charge in [-0.1, -0.05) is 19.9 Å². The number of carbonyl (C=O) groups excluding carboxylic acids is 2. The highest BCUT2D eigenvalue weighted by molar-refractivity contribution is 5.96. The number of anilines is 1. The van der Waals surface area contributed by atoms with Gasteiger partial charge < -0.3 is 19.0 Å². The van der Waals surface area contributed by atoms with Crippen LogP contribution in [0, 0.1) is 25.2 Å². The lowest BCUT2D eigenvalue weighted by atomic mass is 10.1. The number of nitrogens with one attached hydrogen (secondary N) is 1. The van der Waals surface area contributed by atoms with E-state index in [1.165, 1.54) is 6.20 Å². The van der Waals surface area contributed by atoms with Crippen LogP contribution in [0.15, 0.2) is 53.4 Å². The number of carbonyl (C=O) groups is 2. The molecule has 0 fully saturated rings. The molecule has 0 spiro atoms. The molecule has 0 saturated carbocycles. The third-order valence-corrected chi connectivity index (χ3v) is 5.87. The molecule has 0 aromatic carbocycles. The summed E-state index contributed by atoms with van der Waals surface area (Å²) in [5.41, 5.74) is 2.80. The number of amides is 1. The topological polar surface area (TPSA) is 128 Å². The molecule has 4 heterocycles. The summed E-state index contributed by atoms with van der Waals surface area (Å²) in [4.78, 5) is 30.0. The Bertz CT molecular complexity index is 1430. The molecule has 0 aliphatic heterocycles. The molecule has 0 bridgehead atoms. The highest BCUT2D eigenvalue weighted by Gasteiger charge is 2.24. The SMILES string of the molecule is Cc1c(C#N)c(NC(=O)COC(=O)c2cnn(-c3ccccn3)c2C(C)C)n(Cc2ccco2)c1C. The van der Waals surface area contributed by atoms with Gasteiger partial charge in [0.1, 0.15) is 23.2 Å². The van der Waals surface area contributed by atoms with Gasteiger partial charge in [-0.2, -0.15) is 10.4 Å². The molecule has 10 nitrogen and oxygen atoms in total. The van der Waals surface area contributed by atoms with Crippen LogP contribution in [0.1, 0.15) is 58.4 Å². The molecular weight excluding hydrogens is 460 g/mol. The van der Waals surface area contributed by atoms with Crippen molar-refractivity contribution in [3.05, 3.63) is 82.8 Å². The first kappa shape index (κ1) is 24.5. The van der Waals surface area contributed by atoms with Crippen LogP contribution >= 0.6 is 0 Å². The van der Waals surface area contributed by atoms with E-state index in [4.69, 9.17) is 9.15 Å². The molecule has 0 atom stereocenters. The Labute approximate surface area is 208 Å². The van der Waals surface area contributed by atoms with Crippen molar-refractivity contribution in [2.45, 2.75) is 40.2 Å². The molecule has 4 aromatic heterocycles. The van der Waals surface area contributed by atoms with Crippen LogP contribution in [0.5, 0.6) is 0 Å². The van der Waals surface area contributed by atoms with Gasteiger partial charge in [-0.25, -0.2) is 14.5 Å². The predicted octanol–water partition coefficient (Wildman–Crippen LogP) is 4.12. The van der Waals surface area contributed by atoms with Crippen molar-refractivity contribution in [3.8, 4) is 11.9 Å². The van der Waals surface area contributed by atoms with Gasteiger partial charge in [0.05, 0.1) is 30.3 Å². The number of furan rings is 1. The Balaban J connectivity index is 1.51. The van der Waals surface area contributed by atoms with E-state index >= 15 is 0 Å². The predicted molar refractivity (Wildman–Crippen MR) is 131 cm³/mol. The molecule has 4 aromatic rings. The maximum absolute atomic E-state index is 12.9. The third-order valence-electron chi connectivity index (χ3n) is 5.87. The second-order valence-electron chi connectivity index (χ2n) is 8.53. The zero-order valence-electron chi connectivity index (χ0n) is 20.5. The van der Waals surface area contributed by atoms with E-state index in [0.29, 0.717) is 35.2 Å². The summed E-state index contributed by atoms with van der Waals surface area (Å²) in [5, 5.41) is 16.7. The Morgan fingerprint density at radius 2 is 2.03 bits per heavy atom. The van der Waals surface area contributed by atoms with E-state index in [1.807, 2.05) is 39.8 Å². The smallest absolute Gasteiger partial charge is 0.342 e. The van der Waals surface area contributed by atoms with E-state index in [1.54, 1.807) is 39.9 Å². The van der Waals surface area contributed by atoms with Gasteiger partial charge in [-0.3, -0.25) is 4.79 Å². The number of pyridine rings is 1. The maximum atomic E-state index is 12.9. The lowest BCUT2D eigenvalue weighted by Crippen LogP contribution is -2.23. The molecule has 4 rings (SSSR count). The molecule has 0 aliphatic carbocycles. The van der Waals surface area contributed by atoms with Gasteiger partial charge in [-0.05, 0) is 49.6 Å². The number of hydrogen-bond donors (Lipinski definition) is 1. The number of nitrogens with zero attached hydrogens (tertiary/aromatic N) is 5. The van der Waals surface area contributed by atoms with Crippen molar-refractivity contribution in [2.75, 3.05) is 11.9 Å². The van der Waals surface area contributed by atoms with Gasteiger partial charge in [0.25, 0.3) is 5.91 Å². The summed E-state index contributed by atoms with van der Waals surface area (Å²) in [7, 11) is 0. The largest absolute Gasteiger partial charge is 0.467 e. The molecule has 184 valence electrons. The lowest BCUT2D eigenvalue weighted by Gasteiger charge is -2.13. The number of esters is 1. The fraction of sp³-hybridized carbons (Fsp3) is 0.269. The molecule has 0 saturated heterocycles. The summed E-state index contributed by atoms with van der Waals surface area (Å²) in [6.07, 6.45) is 4.62. The van der Waals surface area contributed by atoms with Gasteiger partial charge in [0.2, 0.25) is 0 Å². The molecule has 10 heteroatoms. The van der Waals surface area contributed by atoms with Crippen molar-refractivity contribution in [2.24, 2.45) is 0 Å². The van der Waals surface area contributed by atoms with E-state index in [2.05, 4.69) is 21.5 Å². The van der Waals surface area contributed by atoms with E-state index in [0.717, 1.165) is 11.3 Å². The monoisotopic (exact) mass is 486 g/mol. The standard InChI is InChI=1S/C26H26N6O4/c1-16(2)24-21(13-29-32(24)22-9-5-6-10-28-22)26(34)36-15-23(33)30-25-20(12-27)17(3)18(4)31(25)14-19-8-7-11-35-19/h5-11,13,16H,14-15H2,1-4H3,(H,30,33). The minimum Gasteiger partial charge on any atom is -0.467 e. The quantitative estimate of drug-likeness (QED) is 0.371. The summed E-state index contributed by atoms with van der Waals surface area (Å²) >= 11 is 0. The first-order valence-corrected chi connectivity index (χ1v) is 11.4. The minimum absolute atomic E-state index is 0.0557. The second kappa shape index (κ2) is 10.3. The van der Waals surface area contributed by atoms with E-state index in [9.17, 15) is 14.9 Å². The Hall–Kier alpha value is -4.65. The van der Waals surface area contributed by atoms with Gasteiger partial charge >= 0.3 is 5.97 Å². The fourth-order valence-electron chi connectivity index (χ4n) is 4.00. The number of ether oxygens (including phenoxy) is 1. The van der Waals surface area contributed by atoms with Crippen molar-refractivity contribution >= 4 is 17.7 Å². The van der Waals surface area contributed by atoms with Gasteiger partial charge in [0, 0.05) is 11.9 Å². The molecule has 1 N–H and O–H groups in total. The number of nitriles is 1. The molecular formula is C26H26N6O4. The first-order valence-electron chi connectivity index (χ1n) is 11.4. The van der Waals surface area contributed by atoms with Gasteiger partial charge in [-0.15, -0.1) is 0 Å². The summed E-state index contributed by atoms with van der Waals surface area (Å²) in [6, 6.07) is 11.1. The minimum atomic E-state index is -0.671. The number of hydrogen-bond acceptors (Lipinski definition) is 7. The van der Waals surface area contributed by atoms with E-state index < -0.39 is 18.5 Å². The summed E-state index contributed by atoms with van der Waals surface area (Å²) < 4.78 is 14.1. The Kier molecular flexibility index (Phi) is 7.01. The Morgan fingerprint density at radius 3 is 2.67 bits per heavy atom. The van der Waals surface area contributed by atoms with Gasteiger partial charge in [0.15, 0.2) is 12.4 Å². The molecule has 1 amide bonds. The summed E-state index contributed by atoms with van der Waals surface area (Å²) in [5.74, 6) is 0.280. The molecule has 0 radical (unpaired) electrons. The molecule has 36 heavy (non-hydrogen) atoms. The van der Waals surface area contributed by atoms with Crippen LogP contribution in [-0.2, 0) is 16.1 Å². The fourth-order valence-corrected chi connectivity index (χ4v) is 4.00. The number of aromatic nitrogens is 4. The van der Waals surface area contributed by atoms with Crippen LogP contribution < -0.4 is 5.32 Å². The molecule has 0 aliphatic rings. The van der Waals surface area contributed by atoms with E-state index in [-0.39, 0.29) is 11.5 Å². The number of rotatable bonds is 8. The highest BCUT2D eigenvalue weighted by Crippen LogP contribution is 2.28. The average molecular weight is 487 g/mol. The normalized spacial score (nSPS) is 10.9. The second-order valence-corrected chi connectivity index (χ2v) is 8.53. The Morgan fingerprint density at radius 1 is 1.22 bits per heavy atom. The third kappa shape index (κ3) is 4.77. The highest BCUT2D eigenvalue weighted by atomic mass is 16.5. The van der Waals surface area contributed by atoms with Crippen molar-refractivity contribution in [1.82, 2.24) is 19.3 Å². The molecule has 0 unspecified atom stereocenters. The summed E-state index contributed by atoms with van der Waals surface area (Å²) in [6.45, 7) is 7.35. The first-order chi connectivity index (χ1) is 17.3. The van der Waals surface area contributed by atoms with Crippen molar-refractivity contribution in [3.63, 3.8) is 0 Å². The van der Waals surface area contributed by atoms with Crippen LogP contribution in [0.2, 0.25) is 0 Å². The van der Waals surface area contributed by atoms with Crippen LogP contribution in [-0.4, -0.2) is 37.8 Å². The maximum Gasteiger partial charge on any atom is 0.342 e.